The molecule has 108 valence electrons. The third-order valence-electron chi connectivity index (χ3n) is 3.01. The molecule has 1 aromatic heterocycles. The summed E-state index contributed by atoms with van der Waals surface area (Å²) in [6, 6.07) is 5.37. The van der Waals surface area contributed by atoms with Crippen LogP contribution in [0.4, 0.5) is 8.78 Å². The summed E-state index contributed by atoms with van der Waals surface area (Å²) in [6.07, 6.45) is 2.28. The Kier molecular flexibility index (Phi) is 4.81. The minimum absolute atomic E-state index is 0.0133. The maximum absolute atomic E-state index is 13.5. The van der Waals surface area contributed by atoms with Crippen LogP contribution in [0.1, 0.15) is 18.6 Å². The molecule has 0 aliphatic carbocycles. The standard InChI is InChI=1S/C14H17F2N3O/c1-10(9-19-7-3-6-18-19)17-8-13(20)14-11(15)4-2-5-12(14)16/h2-7,10,13,17,20H,8-9H2,1H3. The van der Waals surface area contributed by atoms with Gasteiger partial charge < -0.3 is 10.4 Å². The highest BCUT2D eigenvalue weighted by Crippen LogP contribution is 2.20. The zero-order chi connectivity index (χ0) is 14.5. The Labute approximate surface area is 116 Å². The number of aliphatic hydroxyl groups excluding tert-OH is 1. The van der Waals surface area contributed by atoms with Crippen LogP contribution in [0, 0.1) is 11.6 Å². The van der Waals surface area contributed by atoms with Crippen LogP contribution in [0.15, 0.2) is 36.7 Å². The van der Waals surface area contributed by atoms with Crippen LogP contribution in [-0.4, -0.2) is 27.5 Å². The molecule has 0 aliphatic heterocycles. The van der Waals surface area contributed by atoms with E-state index < -0.39 is 17.7 Å². The summed E-state index contributed by atoms with van der Waals surface area (Å²) >= 11 is 0. The number of nitrogens with zero attached hydrogens (tertiary/aromatic N) is 2. The van der Waals surface area contributed by atoms with Gasteiger partial charge in [-0.2, -0.15) is 5.10 Å². The Bertz CT molecular complexity index is 525. The summed E-state index contributed by atoms with van der Waals surface area (Å²) in [5.41, 5.74) is -0.300. The van der Waals surface area contributed by atoms with Crippen molar-refractivity contribution >= 4 is 0 Å². The van der Waals surface area contributed by atoms with E-state index in [1.807, 2.05) is 19.2 Å². The van der Waals surface area contributed by atoms with E-state index in [0.29, 0.717) is 6.54 Å². The van der Waals surface area contributed by atoms with E-state index >= 15 is 0 Å². The molecule has 1 aromatic carbocycles. The van der Waals surface area contributed by atoms with E-state index in [0.717, 1.165) is 12.1 Å². The molecule has 0 aliphatic rings. The van der Waals surface area contributed by atoms with Gasteiger partial charge in [-0.25, -0.2) is 8.78 Å². The summed E-state index contributed by atoms with van der Waals surface area (Å²) in [5, 5.41) is 17.0. The van der Waals surface area contributed by atoms with Gasteiger partial charge >= 0.3 is 0 Å². The van der Waals surface area contributed by atoms with Crippen molar-refractivity contribution in [2.24, 2.45) is 0 Å². The smallest absolute Gasteiger partial charge is 0.131 e. The second-order valence-electron chi connectivity index (χ2n) is 4.69. The molecule has 2 rings (SSSR count). The first-order valence-electron chi connectivity index (χ1n) is 6.40. The van der Waals surface area contributed by atoms with E-state index in [4.69, 9.17) is 0 Å². The van der Waals surface area contributed by atoms with E-state index in [1.54, 1.807) is 10.9 Å². The highest BCUT2D eigenvalue weighted by atomic mass is 19.1. The average molecular weight is 281 g/mol. The van der Waals surface area contributed by atoms with Gasteiger partial charge in [0.15, 0.2) is 0 Å². The molecule has 2 unspecified atom stereocenters. The number of rotatable bonds is 6. The second-order valence-corrected chi connectivity index (χ2v) is 4.69. The minimum Gasteiger partial charge on any atom is -0.387 e. The Morgan fingerprint density at radius 1 is 1.30 bits per heavy atom. The molecule has 4 nitrogen and oxygen atoms in total. The molecule has 0 bridgehead atoms. The molecular weight excluding hydrogens is 264 g/mol. The lowest BCUT2D eigenvalue weighted by Gasteiger charge is -2.18. The lowest BCUT2D eigenvalue weighted by molar-refractivity contribution is 0.159. The SMILES string of the molecule is CC(Cn1cccn1)NCC(O)c1c(F)cccc1F. The Hall–Kier alpha value is -1.79. The van der Waals surface area contributed by atoms with Crippen LogP contribution >= 0.6 is 0 Å². The van der Waals surface area contributed by atoms with Crippen molar-refractivity contribution in [3.63, 3.8) is 0 Å². The molecule has 2 atom stereocenters. The number of aliphatic hydroxyl groups is 1. The number of hydrogen-bond acceptors (Lipinski definition) is 3. The minimum atomic E-state index is -1.23. The molecule has 2 aromatic rings. The predicted molar refractivity (Wildman–Crippen MR) is 71.0 cm³/mol. The molecule has 2 N–H and O–H groups in total. The van der Waals surface area contributed by atoms with E-state index in [1.165, 1.54) is 6.07 Å². The molecular formula is C14H17F2N3O. The molecule has 6 heteroatoms. The molecule has 1 heterocycles. The fourth-order valence-corrected chi connectivity index (χ4v) is 2.00. The van der Waals surface area contributed by atoms with Gasteiger partial charge in [0.05, 0.1) is 18.2 Å². The van der Waals surface area contributed by atoms with E-state index in [9.17, 15) is 13.9 Å². The normalized spacial score (nSPS) is 14.2. The first kappa shape index (κ1) is 14.6. The Balaban J connectivity index is 1.90. The summed E-state index contributed by atoms with van der Waals surface area (Å²) < 4.78 is 28.7. The van der Waals surface area contributed by atoms with Gasteiger partial charge in [0.2, 0.25) is 0 Å². The summed E-state index contributed by atoms with van der Waals surface area (Å²) in [4.78, 5) is 0. The quantitative estimate of drug-likeness (QED) is 0.850. The fraction of sp³-hybridized carbons (Fsp3) is 0.357. The third-order valence-corrected chi connectivity index (χ3v) is 3.01. The topological polar surface area (TPSA) is 50.1 Å². The first-order valence-corrected chi connectivity index (χ1v) is 6.40. The maximum atomic E-state index is 13.5. The number of aromatic nitrogens is 2. The van der Waals surface area contributed by atoms with Gasteiger partial charge in [-0.3, -0.25) is 4.68 Å². The lowest BCUT2D eigenvalue weighted by atomic mass is 10.1. The van der Waals surface area contributed by atoms with Crippen molar-refractivity contribution in [3.05, 3.63) is 53.9 Å². The highest BCUT2D eigenvalue weighted by molar-refractivity contribution is 5.22. The van der Waals surface area contributed by atoms with Crippen LogP contribution in [-0.2, 0) is 6.54 Å². The van der Waals surface area contributed by atoms with Gasteiger partial charge in [0, 0.05) is 25.0 Å². The number of benzene rings is 1. The zero-order valence-corrected chi connectivity index (χ0v) is 11.1. The predicted octanol–water partition coefficient (Wildman–Crippen LogP) is 1.87. The van der Waals surface area contributed by atoms with Crippen LogP contribution in [0.3, 0.4) is 0 Å². The van der Waals surface area contributed by atoms with Crippen molar-refractivity contribution in [2.75, 3.05) is 6.54 Å². The molecule has 0 fully saturated rings. The number of nitrogens with one attached hydrogen (secondary N) is 1. The van der Waals surface area contributed by atoms with Crippen molar-refractivity contribution in [1.82, 2.24) is 15.1 Å². The van der Waals surface area contributed by atoms with Crippen molar-refractivity contribution in [1.29, 1.82) is 0 Å². The molecule has 20 heavy (non-hydrogen) atoms. The highest BCUT2D eigenvalue weighted by Gasteiger charge is 2.18. The number of hydrogen-bond donors (Lipinski definition) is 2. The van der Waals surface area contributed by atoms with Gasteiger partial charge in [-0.15, -0.1) is 0 Å². The first-order chi connectivity index (χ1) is 9.58. The largest absolute Gasteiger partial charge is 0.387 e. The van der Waals surface area contributed by atoms with Crippen molar-refractivity contribution in [2.45, 2.75) is 25.6 Å². The van der Waals surface area contributed by atoms with E-state index in [-0.39, 0.29) is 18.2 Å². The monoisotopic (exact) mass is 281 g/mol. The van der Waals surface area contributed by atoms with E-state index in [2.05, 4.69) is 10.4 Å². The molecule has 0 saturated heterocycles. The molecule has 0 amide bonds. The van der Waals surface area contributed by atoms with Gasteiger partial charge in [0.1, 0.15) is 11.6 Å². The Morgan fingerprint density at radius 3 is 2.60 bits per heavy atom. The average Bonchev–Trinajstić information content (AvgIpc) is 2.89. The van der Waals surface area contributed by atoms with Crippen LogP contribution < -0.4 is 5.32 Å². The van der Waals surface area contributed by atoms with Gasteiger partial charge in [0.25, 0.3) is 0 Å². The summed E-state index contributed by atoms with van der Waals surface area (Å²) in [7, 11) is 0. The third kappa shape index (κ3) is 3.61. The number of halogens is 2. The van der Waals surface area contributed by atoms with Crippen LogP contribution in [0.5, 0.6) is 0 Å². The molecule has 0 saturated carbocycles. The Morgan fingerprint density at radius 2 is 2.00 bits per heavy atom. The second kappa shape index (κ2) is 6.58. The van der Waals surface area contributed by atoms with Gasteiger partial charge in [-0.05, 0) is 25.1 Å². The lowest BCUT2D eigenvalue weighted by Crippen LogP contribution is -2.34. The summed E-state index contributed by atoms with van der Waals surface area (Å²) in [5.74, 6) is -1.47. The summed E-state index contributed by atoms with van der Waals surface area (Å²) in [6.45, 7) is 2.59. The fourth-order valence-electron chi connectivity index (χ4n) is 2.00. The molecule has 0 spiro atoms. The molecule has 0 radical (unpaired) electrons. The van der Waals surface area contributed by atoms with Gasteiger partial charge in [-0.1, -0.05) is 6.07 Å². The van der Waals surface area contributed by atoms with Crippen molar-refractivity contribution in [3.8, 4) is 0 Å². The zero-order valence-electron chi connectivity index (χ0n) is 11.1. The van der Waals surface area contributed by atoms with Crippen LogP contribution in [0.25, 0.3) is 0 Å². The van der Waals surface area contributed by atoms with Crippen molar-refractivity contribution < 1.29 is 13.9 Å². The van der Waals surface area contributed by atoms with Crippen LogP contribution in [0.2, 0.25) is 0 Å². The maximum Gasteiger partial charge on any atom is 0.131 e.